The van der Waals surface area contributed by atoms with Crippen LogP contribution in [0, 0.1) is 11.8 Å². The van der Waals surface area contributed by atoms with Crippen molar-refractivity contribution in [1.82, 2.24) is 0 Å². The first-order valence-electron chi connectivity index (χ1n) is 8.78. The highest BCUT2D eigenvalue weighted by Gasteiger charge is 2.17. The van der Waals surface area contributed by atoms with E-state index in [0.717, 1.165) is 12.8 Å². The van der Waals surface area contributed by atoms with Crippen LogP contribution in [0.25, 0.3) is 0 Å². The SMILES string of the molecule is F/C(CCC1CCCCC1)=C(\F)CCC1CCCCC1. The summed E-state index contributed by atoms with van der Waals surface area (Å²) in [5.74, 6) is 0.374. The zero-order valence-corrected chi connectivity index (χ0v) is 12.8. The van der Waals surface area contributed by atoms with Gasteiger partial charge in [0, 0.05) is 12.8 Å². The van der Waals surface area contributed by atoms with E-state index in [-0.39, 0.29) is 0 Å². The van der Waals surface area contributed by atoms with Gasteiger partial charge in [0.05, 0.1) is 0 Å². The maximum Gasteiger partial charge on any atom is 0.131 e. The lowest BCUT2D eigenvalue weighted by atomic mass is 9.85. The predicted octanol–water partition coefficient (Wildman–Crippen LogP) is 6.86. The van der Waals surface area contributed by atoms with E-state index in [9.17, 15) is 8.78 Å². The largest absolute Gasteiger partial charge is 0.209 e. The van der Waals surface area contributed by atoms with E-state index >= 15 is 0 Å². The summed E-state index contributed by atoms with van der Waals surface area (Å²) in [5.41, 5.74) is 0. The van der Waals surface area contributed by atoms with Crippen LogP contribution in [0.1, 0.15) is 89.9 Å². The van der Waals surface area contributed by atoms with Crippen LogP contribution in [0.2, 0.25) is 0 Å². The predicted molar refractivity (Wildman–Crippen MR) is 80.9 cm³/mol. The van der Waals surface area contributed by atoms with Crippen LogP contribution in [-0.4, -0.2) is 0 Å². The van der Waals surface area contributed by atoms with E-state index in [1.54, 1.807) is 0 Å². The summed E-state index contributed by atoms with van der Waals surface area (Å²) >= 11 is 0. The normalized spacial score (nSPS) is 23.7. The molecule has 0 aromatic carbocycles. The van der Waals surface area contributed by atoms with Gasteiger partial charge in [-0.2, -0.15) is 0 Å². The maximum absolute atomic E-state index is 13.8. The van der Waals surface area contributed by atoms with Gasteiger partial charge in [-0.1, -0.05) is 64.2 Å². The summed E-state index contributed by atoms with van der Waals surface area (Å²) in [6.07, 6.45) is 15.0. The third-order valence-corrected chi connectivity index (χ3v) is 5.29. The number of allylic oxidation sites excluding steroid dienone is 2. The molecule has 0 unspecified atom stereocenters. The summed E-state index contributed by atoms with van der Waals surface area (Å²) in [7, 11) is 0. The monoisotopic (exact) mass is 284 g/mol. The molecule has 2 saturated carbocycles. The Morgan fingerprint density at radius 3 is 1.30 bits per heavy atom. The standard InChI is InChI=1S/C18H30F2/c19-17(13-11-15-7-3-1-4-8-15)18(20)14-12-16-9-5-2-6-10-16/h15-16H,1-14H2/b18-17-. The van der Waals surface area contributed by atoms with Crippen molar-refractivity contribution in [3.8, 4) is 0 Å². The van der Waals surface area contributed by atoms with Crippen molar-refractivity contribution in [2.45, 2.75) is 89.9 Å². The fraction of sp³-hybridized carbons (Fsp3) is 0.889. The molecule has 2 rings (SSSR count). The Kier molecular flexibility index (Phi) is 7.02. The van der Waals surface area contributed by atoms with Gasteiger partial charge in [0.1, 0.15) is 11.7 Å². The fourth-order valence-corrected chi connectivity index (χ4v) is 3.88. The number of hydrogen-bond donors (Lipinski definition) is 0. The van der Waals surface area contributed by atoms with Crippen LogP contribution in [0.15, 0.2) is 11.7 Å². The van der Waals surface area contributed by atoms with Crippen LogP contribution in [0.4, 0.5) is 8.78 Å². The van der Waals surface area contributed by atoms with Gasteiger partial charge in [0.25, 0.3) is 0 Å². The van der Waals surface area contributed by atoms with Gasteiger partial charge in [0.15, 0.2) is 0 Å². The number of hydrogen-bond acceptors (Lipinski definition) is 0. The van der Waals surface area contributed by atoms with Crippen LogP contribution < -0.4 is 0 Å². The molecule has 0 aliphatic heterocycles. The molecule has 0 aromatic rings. The van der Waals surface area contributed by atoms with E-state index in [2.05, 4.69) is 0 Å². The van der Waals surface area contributed by atoms with Gasteiger partial charge >= 0.3 is 0 Å². The molecule has 0 heterocycles. The molecule has 0 spiro atoms. The van der Waals surface area contributed by atoms with Crippen molar-refractivity contribution < 1.29 is 8.78 Å². The molecule has 0 atom stereocenters. The molecule has 0 saturated heterocycles. The zero-order chi connectivity index (χ0) is 14.2. The Labute approximate surface area is 123 Å². The molecule has 0 N–H and O–H groups in total. The Morgan fingerprint density at radius 2 is 0.950 bits per heavy atom. The van der Waals surface area contributed by atoms with Gasteiger partial charge in [-0.3, -0.25) is 0 Å². The minimum atomic E-state index is -0.452. The van der Waals surface area contributed by atoms with Crippen molar-refractivity contribution in [2.75, 3.05) is 0 Å². The van der Waals surface area contributed by atoms with Crippen molar-refractivity contribution in [2.24, 2.45) is 11.8 Å². The lowest BCUT2D eigenvalue weighted by molar-refractivity contribution is 0.318. The zero-order valence-electron chi connectivity index (χ0n) is 12.8. The summed E-state index contributed by atoms with van der Waals surface area (Å²) < 4.78 is 27.6. The highest BCUT2D eigenvalue weighted by atomic mass is 19.2. The third kappa shape index (κ3) is 5.54. The van der Waals surface area contributed by atoms with E-state index in [4.69, 9.17) is 0 Å². The van der Waals surface area contributed by atoms with Crippen LogP contribution >= 0.6 is 0 Å². The highest BCUT2D eigenvalue weighted by molar-refractivity contribution is 5.00. The smallest absolute Gasteiger partial charge is 0.131 e. The Morgan fingerprint density at radius 1 is 0.600 bits per heavy atom. The summed E-state index contributed by atoms with van der Waals surface area (Å²) in [5, 5.41) is 0. The molecule has 0 amide bonds. The summed E-state index contributed by atoms with van der Waals surface area (Å²) in [4.78, 5) is 0. The molecule has 2 aliphatic carbocycles. The molecule has 0 radical (unpaired) electrons. The minimum absolute atomic E-state index is 0.334. The van der Waals surface area contributed by atoms with Gasteiger partial charge in [-0.05, 0) is 24.7 Å². The summed E-state index contributed by atoms with van der Waals surface area (Å²) in [6, 6.07) is 0. The Balaban J connectivity index is 1.66. The first kappa shape index (κ1) is 16.0. The first-order valence-corrected chi connectivity index (χ1v) is 8.78. The van der Waals surface area contributed by atoms with E-state index in [1.165, 1.54) is 64.2 Å². The fourth-order valence-electron chi connectivity index (χ4n) is 3.88. The summed E-state index contributed by atoms with van der Waals surface area (Å²) in [6.45, 7) is 0. The molecule has 2 aliphatic rings. The minimum Gasteiger partial charge on any atom is -0.209 e. The molecule has 0 aromatic heterocycles. The Bertz CT molecular complexity index is 267. The molecule has 116 valence electrons. The van der Waals surface area contributed by atoms with Gasteiger partial charge in [0.2, 0.25) is 0 Å². The molecule has 20 heavy (non-hydrogen) atoms. The van der Waals surface area contributed by atoms with E-state index < -0.39 is 11.7 Å². The molecular formula is C18H30F2. The van der Waals surface area contributed by atoms with Crippen LogP contribution in [0.3, 0.4) is 0 Å². The molecule has 2 fully saturated rings. The average molecular weight is 284 g/mol. The number of halogens is 2. The van der Waals surface area contributed by atoms with Crippen LogP contribution in [0.5, 0.6) is 0 Å². The lowest BCUT2D eigenvalue weighted by Crippen LogP contribution is -2.07. The highest BCUT2D eigenvalue weighted by Crippen LogP contribution is 2.32. The molecule has 2 heteroatoms. The van der Waals surface area contributed by atoms with E-state index in [1.807, 2.05) is 0 Å². The second-order valence-electron chi connectivity index (χ2n) is 6.90. The lowest BCUT2D eigenvalue weighted by Gasteiger charge is -2.21. The first-order chi connectivity index (χ1) is 9.75. The second-order valence-corrected chi connectivity index (χ2v) is 6.90. The van der Waals surface area contributed by atoms with Crippen molar-refractivity contribution >= 4 is 0 Å². The molecule has 0 bridgehead atoms. The third-order valence-electron chi connectivity index (χ3n) is 5.29. The van der Waals surface area contributed by atoms with E-state index in [0.29, 0.717) is 24.7 Å². The van der Waals surface area contributed by atoms with Gasteiger partial charge in [-0.25, -0.2) is 8.78 Å². The molecule has 0 nitrogen and oxygen atoms in total. The maximum atomic E-state index is 13.8. The topological polar surface area (TPSA) is 0 Å². The van der Waals surface area contributed by atoms with Crippen LogP contribution in [-0.2, 0) is 0 Å². The van der Waals surface area contributed by atoms with Crippen molar-refractivity contribution in [3.63, 3.8) is 0 Å². The Hall–Kier alpha value is -0.400. The van der Waals surface area contributed by atoms with Crippen molar-refractivity contribution in [3.05, 3.63) is 11.7 Å². The van der Waals surface area contributed by atoms with Crippen molar-refractivity contribution in [1.29, 1.82) is 0 Å². The van der Waals surface area contributed by atoms with Gasteiger partial charge in [-0.15, -0.1) is 0 Å². The number of rotatable bonds is 6. The van der Waals surface area contributed by atoms with Gasteiger partial charge < -0.3 is 0 Å². The average Bonchev–Trinajstić information content (AvgIpc) is 2.52. The molecular weight excluding hydrogens is 254 g/mol. The second kappa shape index (κ2) is 8.79. The quantitative estimate of drug-likeness (QED) is 0.500.